The molecule has 26 heavy (non-hydrogen) atoms. The first kappa shape index (κ1) is 18.1. The number of hydrogen-bond acceptors (Lipinski definition) is 5. The highest BCUT2D eigenvalue weighted by atomic mass is 16.6. The number of anilines is 1. The van der Waals surface area contributed by atoms with Crippen LogP contribution in [0.3, 0.4) is 0 Å². The Balaban J connectivity index is 1.91. The maximum atomic E-state index is 11.5. The van der Waals surface area contributed by atoms with Gasteiger partial charge in [0.1, 0.15) is 5.39 Å². The highest BCUT2D eigenvalue weighted by Crippen LogP contribution is 2.36. The number of hydrogen-bond donors (Lipinski definition) is 2. The second-order valence-electron chi connectivity index (χ2n) is 6.32. The summed E-state index contributed by atoms with van der Waals surface area (Å²) in [6.45, 7) is 4.88. The number of nitro groups is 1. The molecule has 0 saturated carbocycles. The van der Waals surface area contributed by atoms with E-state index in [2.05, 4.69) is 22.5 Å². The van der Waals surface area contributed by atoms with E-state index in [1.807, 2.05) is 30.3 Å². The summed E-state index contributed by atoms with van der Waals surface area (Å²) in [5.74, 6) is 0. The van der Waals surface area contributed by atoms with Crippen molar-refractivity contribution < 1.29 is 4.92 Å². The van der Waals surface area contributed by atoms with E-state index in [9.17, 15) is 10.1 Å². The van der Waals surface area contributed by atoms with Gasteiger partial charge in [0.2, 0.25) is 0 Å². The number of nitro benzene ring substituents is 1. The van der Waals surface area contributed by atoms with Crippen LogP contribution in [-0.4, -0.2) is 29.5 Å². The number of unbranched alkanes of at least 4 members (excludes halogenated alkanes) is 1. The van der Waals surface area contributed by atoms with Gasteiger partial charge in [-0.05, 0) is 38.1 Å². The molecule has 3 rings (SSSR count). The minimum atomic E-state index is -0.337. The van der Waals surface area contributed by atoms with Gasteiger partial charge in [-0.1, -0.05) is 37.6 Å². The molecule has 0 spiro atoms. The molecule has 0 aliphatic heterocycles. The number of nitrogens with one attached hydrogen (secondary N) is 2. The standard InChI is InChI=1S/C20H24N4O2/c1-2-3-12-21-13-7-14-22-20-15-8-4-5-9-16(15)23-17-10-6-11-18(19(17)20)24(25)26/h4-6,8-11,21H,2-3,7,12-14H2,1H3,(H,22,23). The predicted molar refractivity (Wildman–Crippen MR) is 107 cm³/mol. The van der Waals surface area contributed by atoms with Crippen LogP contribution in [0, 0.1) is 10.1 Å². The summed E-state index contributed by atoms with van der Waals surface area (Å²) in [6, 6.07) is 12.8. The van der Waals surface area contributed by atoms with E-state index in [4.69, 9.17) is 0 Å². The summed E-state index contributed by atoms with van der Waals surface area (Å²) in [4.78, 5) is 15.8. The summed E-state index contributed by atoms with van der Waals surface area (Å²) in [7, 11) is 0. The van der Waals surface area contributed by atoms with Gasteiger partial charge in [0, 0.05) is 18.0 Å². The summed E-state index contributed by atoms with van der Waals surface area (Å²) in [5.41, 5.74) is 2.36. The highest BCUT2D eigenvalue weighted by Gasteiger charge is 2.18. The summed E-state index contributed by atoms with van der Waals surface area (Å²) in [6.07, 6.45) is 3.31. The van der Waals surface area contributed by atoms with Crippen molar-refractivity contribution in [2.75, 3.05) is 25.0 Å². The Labute approximate surface area is 152 Å². The molecule has 136 valence electrons. The zero-order chi connectivity index (χ0) is 18.4. The SMILES string of the molecule is CCCCNCCCNc1c2ccccc2nc2cccc([N+](=O)[O-])c12. The van der Waals surface area contributed by atoms with Crippen LogP contribution in [0.25, 0.3) is 21.8 Å². The van der Waals surface area contributed by atoms with Crippen molar-refractivity contribution in [2.24, 2.45) is 0 Å². The third-order valence-corrected chi connectivity index (χ3v) is 4.42. The fourth-order valence-corrected chi connectivity index (χ4v) is 3.11. The van der Waals surface area contributed by atoms with Crippen LogP contribution < -0.4 is 10.6 Å². The number of fused-ring (bicyclic) bond motifs is 2. The minimum Gasteiger partial charge on any atom is -0.384 e. The lowest BCUT2D eigenvalue weighted by Gasteiger charge is -2.13. The molecule has 0 aliphatic carbocycles. The summed E-state index contributed by atoms with van der Waals surface area (Å²) in [5, 5.41) is 19.9. The van der Waals surface area contributed by atoms with Crippen molar-refractivity contribution in [3.63, 3.8) is 0 Å². The van der Waals surface area contributed by atoms with Gasteiger partial charge in [-0.2, -0.15) is 0 Å². The lowest BCUT2D eigenvalue weighted by atomic mass is 10.1. The van der Waals surface area contributed by atoms with Crippen LogP contribution in [0.15, 0.2) is 42.5 Å². The molecule has 0 unspecified atom stereocenters. The van der Waals surface area contributed by atoms with E-state index in [-0.39, 0.29) is 10.6 Å². The number of para-hydroxylation sites is 1. The number of nitrogens with zero attached hydrogens (tertiary/aromatic N) is 2. The molecule has 0 bridgehead atoms. The smallest absolute Gasteiger partial charge is 0.280 e. The third-order valence-electron chi connectivity index (χ3n) is 4.42. The zero-order valence-corrected chi connectivity index (χ0v) is 15.0. The summed E-state index contributed by atoms with van der Waals surface area (Å²) >= 11 is 0. The van der Waals surface area contributed by atoms with Gasteiger partial charge in [0.05, 0.1) is 21.6 Å². The molecular formula is C20H24N4O2. The highest BCUT2D eigenvalue weighted by molar-refractivity contribution is 6.11. The molecule has 1 aromatic heterocycles. The number of aromatic nitrogens is 1. The normalized spacial score (nSPS) is 11.1. The Morgan fingerprint density at radius 3 is 2.58 bits per heavy atom. The maximum Gasteiger partial charge on any atom is 0.280 e. The quantitative estimate of drug-likeness (QED) is 0.257. The number of pyridine rings is 1. The summed E-state index contributed by atoms with van der Waals surface area (Å²) < 4.78 is 0. The minimum absolute atomic E-state index is 0.0873. The second kappa shape index (κ2) is 8.58. The van der Waals surface area contributed by atoms with Crippen LogP contribution in [0.4, 0.5) is 11.4 Å². The molecule has 0 aliphatic rings. The van der Waals surface area contributed by atoms with E-state index in [0.29, 0.717) is 10.9 Å². The topological polar surface area (TPSA) is 80.1 Å². The molecule has 0 radical (unpaired) electrons. The first-order valence-electron chi connectivity index (χ1n) is 9.13. The molecule has 6 heteroatoms. The fraction of sp³-hybridized carbons (Fsp3) is 0.350. The largest absolute Gasteiger partial charge is 0.384 e. The Morgan fingerprint density at radius 2 is 1.77 bits per heavy atom. The molecule has 2 N–H and O–H groups in total. The molecular weight excluding hydrogens is 328 g/mol. The van der Waals surface area contributed by atoms with Crippen molar-refractivity contribution in [3.05, 3.63) is 52.6 Å². The van der Waals surface area contributed by atoms with Crippen LogP contribution in [-0.2, 0) is 0 Å². The average Bonchev–Trinajstić information content (AvgIpc) is 2.65. The van der Waals surface area contributed by atoms with Gasteiger partial charge in [-0.3, -0.25) is 10.1 Å². The third kappa shape index (κ3) is 3.91. The molecule has 0 amide bonds. The first-order chi connectivity index (χ1) is 12.7. The van der Waals surface area contributed by atoms with Gasteiger partial charge in [0.25, 0.3) is 5.69 Å². The van der Waals surface area contributed by atoms with Crippen molar-refractivity contribution in [1.29, 1.82) is 0 Å². The van der Waals surface area contributed by atoms with E-state index < -0.39 is 0 Å². The molecule has 0 fully saturated rings. The average molecular weight is 352 g/mol. The number of benzene rings is 2. The number of non-ortho nitro benzene ring substituents is 1. The molecule has 0 atom stereocenters. The van der Waals surface area contributed by atoms with Gasteiger partial charge in [0.15, 0.2) is 0 Å². The van der Waals surface area contributed by atoms with Crippen molar-refractivity contribution in [2.45, 2.75) is 26.2 Å². The van der Waals surface area contributed by atoms with Crippen molar-refractivity contribution in [1.82, 2.24) is 10.3 Å². The van der Waals surface area contributed by atoms with Gasteiger partial charge in [-0.25, -0.2) is 4.98 Å². The molecule has 3 aromatic rings. The fourth-order valence-electron chi connectivity index (χ4n) is 3.11. The molecule has 1 heterocycles. The molecule has 6 nitrogen and oxygen atoms in total. The van der Waals surface area contributed by atoms with Gasteiger partial charge < -0.3 is 10.6 Å². The number of rotatable bonds is 9. The predicted octanol–water partition coefficient (Wildman–Crippen LogP) is 4.49. The van der Waals surface area contributed by atoms with E-state index in [1.165, 1.54) is 18.9 Å². The Bertz CT molecular complexity index is 911. The second-order valence-corrected chi connectivity index (χ2v) is 6.32. The Hall–Kier alpha value is -2.73. The Morgan fingerprint density at radius 1 is 1.00 bits per heavy atom. The van der Waals surface area contributed by atoms with Gasteiger partial charge in [-0.15, -0.1) is 0 Å². The van der Waals surface area contributed by atoms with Crippen molar-refractivity contribution in [3.8, 4) is 0 Å². The van der Waals surface area contributed by atoms with Crippen LogP contribution in [0.5, 0.6) is 0 Å². The molecule has 0 saturated heterocycles. The maximum absolute atomic E-state index is 11.5. The van der Waals surface area contributed by atoms with Crippen LogP contribution >= 0.6 is 0 Å². The monoisotopic (exact) mass is 352 g/mol. The van der Waals surface area contributed by atoms with Crippen LogP contribution in [0.1, 0.15) is 26.2 Å². The lowest BCUT2D eigenvalue weighted by molar-refractivity contribution is -0.383. The van der Waals surface area contributed by atoms with Crippen LogP contribution in [0.2, 0.25) is 0 Å². The van der Waals surface area contributed by atoms with Crippen molar-refractivity contribution >= 4 is 33.2 Å². The van der Waals surface area contributed by atoms with Gasteiger partial charge >= 0.3 is 0 Å². The van der Waals surface area contributed by atoms with E-state index in [0.717, 1.165) is 42.6 Å². The zero-order valence-electron chi connectivity index (χ0n) is 15.0. The molecule has 2 aromatic carbocycles. The van der Waals surface area contributed by atoms with E-state index >= 15 is 0 Å². The van der Waals surface area contributed by atoms with E-state index in [1.54, 1.807) is 6.07 Å². The lowest BCUT2D eigenvalue weighted by Crippen LogP contribution is -2.19. The Kier molecular flexibility index (Phi) is 5.96. The first-order valence-corrected chi connectivity index (χ1v) is 9.13.